The average molecular weight is 420 g/mol. The number of nitrogens with zero attached hydrogens (tertiary/aromatic N) is 1. The van der Waals surface area contributed by atoms with E-state index in [1.165, 1.54) is 4.90 Å². The molecule has 1 unspecified atom stereocenters. The number of likely N-dealkylation sites (tertiary alicyclic amines) is 1. The quantitative estimate of drug-likeness (QED) is 0.756. The first kappa shape index (κ1) is 21.0. The Balaban J connectivity index is 1.61. The third kappa shape index (κ3) is 5.23. The molecule has 2 atom stereocenters. The van der Waals surface area contributed by atoms with E-state index >= 15 is 0 Å². The third-order valence-corrected chi connectivity index (χ3v) is 5.77. The predicted molar refractivity (Wildman–Crippen MR) is 107 cm³/mol. The van der Waals surface area contributed by atoms with E-state index in [4.69, 9.17) is 4.42 Å². The number of fused-ring (bicyclic) bond motifs is 1. The molecule has 1 saturated heterocycles. The van der Waals surface area contributed by atoms with Crippen molar-refractivity contribution in [3.8, 4) is 0 Å². The maximum absolute atomic E-state index is 12.7. The zero-order valence-electron chi connectivity index (χ0n) is 16.4. The van der Waals surface area contributed by atoms with Gasteiger partial charge in [-0.25, -0.2) is 8.42 Å². The Morgan fingerprint density at radius 2 is 2.00 bits per heavy atom. The molecule has 156 valence electrons. The summed E-state index contributed by atoms with van der Waals surface area (Å²) in [5, 5.41) is 3.42. The number of benzene rings is 1. The molecule has 0 radical (unpaired) electrons. The normalized spacial score (nSPS) is 18.4. The van der Waals surface area contributed by atoms with Gasteiger partial charge in [0.15, 0.2) is 21.4 Å². The van der Waals surface area contributed by atoms with E-state index < -0.39 is 33.5 Å². The number of nitrogens with one attached hydrogen (secondary N) is 1. The summed E-state index contributed by atoms with van der Waals surface area (Å²) in [5.41, 5.74) is 0.583. The summed E-state index contributed by atoms with van der Waals surface area (Å²) < 4.78 is 28.3. The molecule has 1 aromatic carbocycles. The Bertz CT molecular complexity index is 1010. The first-order valence-corrected chi connectivity index (χ1v) is 11.5. The van der Waals surface area contributed by atoms with Crippen molar-refractivity contribution in [3.63, 3.8) is 0 Å². The lowest BCUT2D eigenvalue weighted by Crippen LogP contribution is -2.51. The molecule has 3 rings (SSSR count). The Morgan fingerprint density at radius 1 is 1.28 bits per heavy atom. The maximum Gasteiger partial charge on any atom is 0.287 e. The SMILES string of the molecule is C[C@@H](NC(=O)c1cc2ccccc2o1)C(=O)N1CCCC(C(=O)CS(C)(=O)=O)C1. The van der Waals surface area contributed by atoms with E-state index in [0.717, 1.165) is 11.6 Å². The number of ketones is 1. The number of amides is 2. The number of sulfone groups is 1. The smallest absolute Gasteiger partial charge is 0.287 e. The molecule has 2 heterocycles. The highest BCUT2D eigenvalue weighted by Crippen LogP contribution is 2.20. The van der Waals surface area contributed by atoms with Crippen LogP contribution in [-0.4, -0.2) is 62.1 Å². The standard InChI is InChI=1S/C20H24N2O6S/c1-13(21-19(24)18-10-14-6-3-4-8-17(14)28-18)20(25)22-9-5-7-15(11-22)16(23)12-29(2,26)27/h3-4,6,8,10,13,15H,5,7,9,11-12H2,1-2H3,(H,21,24)/t13-,15?/m1/s1. The number of Topliss-reactive ketones (excluding diaryl/α,β-unsaturated/α-hetero) is 1. The molecule has 29 heavy (non-hydrogen) atoms. The van der Waals surface area contributed by atoms with Crippen molar-refractivity contribution >= 4 is 38.4 Å². The zero-order chi connectivity index (χ0) is 21.2. The molecule has 9 heteroatoms. The molecule has 0 spiro atoms. The second kappa shape index (κ2) is 8.36. The Kier molecular flexibility index (Phi) is 6.07. The van der Waals surface area contributed by atoms with Crippen molar-refractivity contribution in [2.45, 2.75) is 25.8 Å². The van der Waals surface area contributed by atoms with Gasteiger partial charge in [-0.15, -0.1) is 0 Å². The largest absolute Gasteiger partial charge is 0.451 e. The van der Waals surface area contributed by atoms with Crippen molar-refractivity contribution in [2.75, 3.05) is 25.1 Å². The van der Waals surface area contributed by atoms with Crippen molar-refractivity contribution in [1.82, 2.24) is 10.2 Å². The van der Waals surface area contributed by atoms with Crippen molar-refractivity contribution in [2.24, 2.45) is 5.92 Å². The average Bonchev–Trinajstić information content (AvgIpc) is 3.10. The first-order valence-electron chi connectivity index (χ1n) is 9.43. The van der Waals surface area contributed by atoms with Crippen molar-refractivity contribution in [3.05, 3.63) is 36.1 Å². The van der Waals surface area contributed by atoms with Gasteiger partial charge in [0.2, 0.25) is 5.91 Å². The lowest BCUT2D eigenvalue weighted by atomic mass is 9.94. The fraction of sp³-hybridized carbons (Fsp3) is 0.450. The fourth-order valence-corrected chi connectivity index (χ4v) is 4.27. The zero-order valence-corrected chi connectivity index (χ0v) is 17.2. The Morgan fingerprint density at radius 3 is 2.69 bits per heavy atom. The second-order valence-electron chi connectivity index (χ2n) is 7.50. The summed E-state index contributed by atoms with van der Waals surface area (Å²) in [4.78, 5) is 38.9. The molecule has 0 bridgehead atoms. The summed E-state index contributed by atoms with van der Waals surface area (Å²) in [6, 6.07) is 8.02. The summed E-state index contributed by atoms with van der Waals surface area (Å²) in [6.45, 7) is 2.20. The summed E-state index contributed by atoms with van der Waals surface area (Å²) >= 11 is 0. The van der Waals surface area contributed by atoms with Gasteiger partial charge in [-0.3, -0.25) is 14.4 Å². The number of rotatable bonds is 6. The van der Waals surface area contributed by atoms with Crippen LogP contribution in [0.1, 0.15) is 30.3 Å². The van der Waals surface area contributed by atoms with Crippen LogP contribution < -0.4 is 5.32 Å². The van der Waals surface area contributed by atoms with E-state index in [0.29, 0.717) is 25.0 Å². The molecular formula is C20H24N2O6S. The Labute approximate surface area is 169 Å². The molecule has 0 saturated carbocycles. The van der Waals surface area contributed by atoms with Crippen LogP contribution in [0, 0.1) is 5.92 Å². The van der Waals surface area contributed by atoms with Crippen LogP contribution in [0.3, 0.4) is 0 Å². The van der Waals surface area contributed by atoms with Gasteiger partial charge in [0, 0.05) is 30.6 Å². The van der Waals surface area contributed by atoms with Crippen molar-refractivity contribution < 1.29 is 27.2 Å². The number of hydrogen-bond donors (Lipinski definition) is 1. The maximum atomic E-state index is 12.7. The molecular weight excluding hydrogens is 396 g/mol. The van der Waals surface area contributed by atoms with Gasteiger partial charge in [0.1, 0.15) is 17.4 Å². The first-order chi connectivity index (χ1) is 13.6. The van der Waals surface area contributed by atoms with Gasteiger partial charge in [-0.05, 0) is 31.9 Å². The van der Waals surface area contributed by atoms with Gasteiger partial charge in [0.05, 0.1) is 0 Å². The van der Waals surface area contributed by atoms with Crippen LogP contribution in [0.15, 0.2) is 34.7 Å². The molecule has 1 N–H and O–H groups in total. The van der Waals surface area contributed by atoms with Crippen LogP contribution in [0.2, 0.25) is 0 Å². The minimum Gasteiger partial charge on any atom is -0.451 e. The molecule has 1 aliphatic rings. The van der Waals surface area contributed by atoms with E-state index in [1.54, 1.807) is 25.1 Å². The number of carbonyl (C=O) groups is 3. The van der Waals surface area contributed by atoms with E-state index in [1.807, 2.05) is 12.1 Å². The van der Waals surface area contributed by atoms with Gasteiger partial charge >= 0.3 is 0 Å². The monoisotopic (exact) mass is 420 g/mol. The number of piperidine rings is 1. The highest BCUT2D eigenvalue weighted by Gasteiger charge is 2.32. The molecule has 0 aliphatic carbocycles. The van der Waals surface area contributed by atoms with Crippen LogP contribution in [0.25, 0.3) is 11.0 Å². The van der Waals surface area contributed by atoms with Crippen LogP contribution in [0.4, 0.5) is 0 Å². The lowest BCUT2D eigenvalue weighted by Gasteiger charge is -2.33. The van der Waals surface area contributed by atoms with E-state index in [9.17, 15) is 22.8 Å². The third-order valence-electron chi connectivity index (χ3n) is 4.96. The fourth-order valence-electron chi connectivity index (χ4n) is 3.51. The predicted octanol–water partition coefficient (Wildman–Crippen LogP) is 1.40. The Hall–Kier alpha value is -2.68. The van der Waals surface area contributed by atoms with Gasteiger partial charge in [0.25, 0.3) is 5.91 Å². The molecule has 2 aromatic rings. The van der Waals surface area contributed by atoms with Crippen LogP contribution in [0.5, 0.6) is 0 Å². The summed E-state index contributed by atoms with van der Waals surface area (Å²) in [5.74, 6) is -2.08. The van der Waals surface area contributed by atoms with Crippen molar-refractivity contribution in [1.29, 1.82) is 0 Å². The van der Waals surface area contributed by atoms with Gasteiger partial charge in [-0.2, -0.15) is 0 Å². The summed E-state index contributed by atoms with van der Waals surface area (Å²) in [6.07, 6.45) is 2.18. The minimum absolute atomic E-state index is 0.116. The topological polar surface area (TPSA) is 114 Å². The molecule has 8 nitrogen and oxygen atoms in total. The second-order valence-corrected chi connectivity index (χ2v) is 9.64. The molecule has 1 aromatic heterocycles. The molecule has 1 fully saturated rings. The van der Waals surface area contributed by atoms with Crippen LogP contribution in [-0.2, 0) is 19.4 Å². The van der Waals surface area contributed by atoms with Gasteiger partial charge < -0.3 is 14.6 Å². The highest BCUT2D eigenvalue weighted by atomic mass is 32.2. The van der Waals surface area contributed by atoms with Crippen LogP contribution >= 0.6 is 0 Å². The molecule has 2 amide bonds. The minimum atomic E-state index is -3.40. The summed E-state index contributed by atoms with van der Waals surface area (Å²) in [7, 11) is -3.40. The number of carbonyl (C=O) groups excluding carboxylic acids is 3. The highest BCUT2D eigenvalue weighted by molar-refractivity contribution is 7.91. The number of furan rings is 1. The van der Waals surface area contributed by atoms with E-state index in [-0.39, 0.29) is 24.0 Å². The number of hydrogen-bond acceptors (Lipinski definition) is 6. The molecule has 1 aliphatic heterocycles. The van der Waals surface area contributed by atoms with E-state index in [2.05, 4.69) is 5.32 Å². The number of para-hydroxylation sites is 1. The van der Waals surface area contributed by atoms with Gasteiger partial charge in [-0.1, -0.05) is 18.2 Å². The lowest BCUT2D eigenvalue weighted by molar-refractivity contribution is -0.136.